The van der Waals surface area contributed by atoms with Crippen molar-refractivity contribution in [2.24, 2.45) is 17.3 Å². The van der Waals surface area contributed by atoms with Crippen LogP contribution in [0.5, 0.6) is 0 Å². The van der Waals surface area contributed by atoms with Crippen LogP contribution in [0.4, 0.5) is 0 Å². The van der Waals surface area contributed by atoms with E-state index >= 15 is 0 Å². The van der Waals surface area contributed by atoms with Crippen LogP contribution in [0.25, 0.3) is 21.5 Å². The van der Waals surface area contributed by atoms with Crippen molar-refractivity contribution in [2.75, 3.05) is 26.3 Å². The summed E-state index contributed by atoms with van der Waals surface area (Å²) in [6.07, 6.45) is 1.65. The van der Waals surface area contributed by atoms with Gasteiger partial charge in [-0.15, -0.1) is 11.3 Å². The van der Waals surface area contributed by atoms with Crippen molar-refractivity contribution in [3.05, 3.63) is 46.1 Å². The Balaban J connectivity index is 1.40. The number of aromatic nitrogens is 2. The fraction of sp³-hybridized carbons (Fsp3) is 0.407. The number of thiophene rings is 1. The van der Waals surface area contributed by atoms with Crippen molar-refractivity contribution >= 4 is 39.3 Å². The molecule has 2 aliphatic heterocycles. The highest BCUT2D eigenvalue weighted by Crippen LogP contribution is 2.63. The van der Waals surface area contributed by atoms with Crippen molar-refractivity contribution in [2.45, 2.75) is 27.3 Å². The van der Waals surface area contributed by atoms with Gasteiger partial charge < -0.3 is 9.64 Å². The number of piperidine rings is 1. The monoisotopic (exact) mass is 515 g/mol. The van der Waals surface area contributed by atoms with Gasteiger partial charge in [0.05, 0.1) is 53.1 Å². The predicted octanol–water partition coefficient (Wildman–Crippen LogP) is 3.15. The van der Waals surface area contributed by atoms with Gasteiger partial charge in [-0.2, -0.15) is 5.26 Å². The minimum atomic E-state index is -0.252. The molecule has 3 aromatic rings. The summed E-state index contributed by atoms with van der Waals surface area (Å²) in [5.74, 6) is -0.814. The van der Waals surface area contributed by atoms with Gasteiger partial charge >= 0.3 is 0 Å². The summed E-state index contributed by atoms with van der Waals surface area (Å²) in [7, 11) is 0. The molecule has 3 amide bonds. The van der Waals surface area contributed by atoms with E-state index in [1.165, 1.54) is 16.2 Å². The average Bonchev–Trinajstić information content (AvgIpc) is 3.13. The Kier molecular flexibility index (Phi) is 5.40. The maximum absolute atomic E-state index is 13.6. The fourth-order valence-electron chi connectivity index (χ4n) is 5.69. The Morgan fingerprint density at radius 2 is 1.92 bits per heavy atom. The molecule has 3 aliphatic rings. The Bertz CT molecular complexity index is 1510. The van der Waals surface area contributed by atoms with Gasteiger partial charge in [0.25, 0.3) is 5.91 Å². The molecule has 188 valence electrons. The van der Waals surface area contributed by atoms with E-state index in [0.717, 1.165) is 9.58 Å². The molecule has 2 unspecified atom stereocenters. The lowest BCUT2D eigenvalue weighted by Crippen LogP contribution is -2.41. The van der Waals surface area contributed by atoms with Crippen molar-refractivity contribution < 1.29 is 19.1 Å². The summed E-state index contributed by atoms with van der Waals surface area (Å²) in [5.41, 5.74) is 2.92. The number of nitriles is 1. The molecule has 37 heavy (non-hydrogen) atoms. The van der Waals surface area contributed by atoms with E-state index in [2.05, 4.69) is 16.0 Å². The van der Waals surface area contributed by atoms with Crippen LogP contribution in [0.1, 0.15) is 40.3 Å². The van der Waals surface area contributed by atoms with Gasteiger partial charge in [-0.25, -0.2) is 4.98 Å². The summed E-state index contributed by atoms with van der Waals surface area (Å²) in [6, 6.07) is 7.41. The molecule has 1 saturated carbocycles. The van der Waals surface area contributed by atoms with Crippen LogP contribution in [0.3, 0.4) is 0 Å². The summed E-state index contributed by atoms with van der Waals surface area (Å²) >= 11 is 1.42. The minimum absolute atomic E-state index is 0.108. The van der Waals surface area contributed by atoms with Crippen molar-refractivity contribution in [3.63, 3.8) is 0 Å². The van der Waals surface area contributed by atoms with Crippen LogP contribution >= 0.6 is 11.3 Å². The van der Waals surface area contributed by atoms with E-state index in [0.29, 0.717) is 54.2 Å². The molecule has 6 rings (SSSR count). The number of morpholine rings is 1. The molecule has 2 atom stereocenters. The van der Waals surface area contributed by atoms with Crippen LogP contribution in [-0.4, -0.2) is 63.8 Å². The molecule has 3 aromatic heterocycles. The molecular formula is C27H25N5O4S. The zero-order chi connectivity index (χ0) is 26.1. The maximum Gasteiger partial charge on any atom is 0.256 e. The summed E-state index contributed by atoms with van der Waals surface area (Å²) in [5, 5.41) is 9.60. The summed E-state index contributed by atoms with van der Waals surface area (Å²) in [4.78, 5) is 52.3. The fourth-order valence-corrected chi connectivity index (χ4v) is 6.80. The van der Waals surface area contributed by atoms with Crippen LogP contribution in [0.15, 0.2) is 24.4 Å². The second kappa shape index (κ2) is 8.43. The Morgan fingerprint density at radius 1 is 1.22 bits per heavy atom. The SMILES string of the molecule is Cc1cc(C#N)nc(-c2ccnc3cc(CN4C(=O)C5C(C4=O)C5(C)C)sc23)c1C(=O)N1CCOCC1. The third-order valence-corrected chi connectivity index (χ3v) is 8.91. The molecule has 10 heteroatoms. The standard InChI is InChI=1S/C27H25N5O4S/c1-14-10-15(12-28)30-22(19(14)24(33)31-6-8-36-9-7-31)17-4-5-29-18-11-16(37-23(17)18)13-32-25(34)20-21(26(32)35)27(20,2)3/h4-5,10-11,20-21H,6-9,13H2,1-3H3. The molecule has 1 aliphatic carbocycles. The number of rotatable bonds is 4. The van der Waals surface area contributed by atoms with Crippen LogP contribution in [-0.2, 0) is 20.9 Å². The van der Waals surface area contributed by atoms with E-state index in [4.69, 9.17) is 4.74 Å². The zero-order valence-electron chi connectivity index (χ0n) is 20.8. The Hall–Kier alpha value is -3.68. The largest absolute Gasteiger partial charge is 0.378 e. The van der Waals surface area contributed by atoms with E-state index in [1.54, 1.807) is 23.2 Å². The molecule has 9 nitrogen and oxygen atoms in total. The van der Waals surface area contributed by atoms with Gasteiger partial charge in [-0.1, -0.05) is 13.8 Å². The van der Waals surface area contributed by atoms with E-state index in [9.17, 15) is 19.6 Å². The number of likely N-dealkylation sites (tertiary alicyclic amines) is 1. The second-order valence-electron chi connectivity index (χ2n) is 10.4. The third kappa shape index (κ3) is 3.64. The van der Waals surface area contributed by atoms with Crippen LogP contribution in [0.2, 0.25) is 0 Å². The van der Waals surface area contributed by atoms with Crippen molar-refractivity contribution in [1.82, 2.24) is 19.8 Å². The molecule has 2 saturated heterocycles. The Labute approximate surface area is 217 Å². The lowest BCUT2D eigenvalue weighted by atomic mass is 9.99. The Morgan fingerprint density at radius 3 is 2.59 bits per heavy atom. The molecule has 0 bridgehead atoms. The number of fused-ring (bicyclic) bond motifs is 2. The van der Waals surface area contributed by atoms with Gasteiger partial charge in [-0.3, -0.25) is 24.3 Å². The van der Waals surface area contributed by atoms with Crippen LogP contribution < -0.4 is 0 Å². The number of pyridine rings is 2. The number of hydrogen-bond acceptors (Lipinski definition) is 8. The predicted molar refractivity (Wildman–Crippen MR) is 135 cm³/mol. The number of amides is 3. The highest BCUT2D eigenvalue weighted by Gasteiger charge is 2.72. The quantitative estimate of drug-likeness (QED) is 0.490. The third-order valence-electron chi connectivity index (χ3n) is 7.77. The molecule has 5 heterocycles. The lowest BCUT2D eigenvalue weighted by molar-refractivity contribution is -0.143. The first-order valence-electron chi connectivity index (χ1n) is 12.2. The van der Waals surface area contributed by atoms with Gasteiger partial charge in [0.2, 0.25) is 11.8 Å². The second-order valence-corrected chi connectivity index (χ2v) is 11.5. The number of hydrogen-bond donors (Lipinski definition) is 0. The molecule has 3 fully saturated rings. The van der Waals surface area contributed by atoms with E-state index in [-0.39, 0.29) is 47.2 Å². The van der Waals surface area contributed by atoms with Crippen molar-refractivity contribution in [3.8, 4) is 17.3 Å². The number of carbonyl (C=O) groups excluding carboxylic acids is 3. The number of ether oxygens (including phenoxy) is 1. The first kappa shape index (κ1) is 23.7. The normalized spacial score (nSPS) is 22.3. The number of aryl methyl sites for hydroxylation is 1. The van der Waals surface area contributed by atoms with E-state index < -0.39 is 0 Å². The number of imide groups is 1. The van der Waals surface area contributed by atoms with Gasteiger partial charge in [-0.05, 0) is 36.1 Å². The highest BCUT2D eigenvalue weighted by atomic mass is 32.1. The highest BCUT2D eigenvalue weighted by molar-refractivity contribution is 7.19. The van der Waals surface area contributed by atoms with Crippen LogP contribution in [0, 0.1) is 35.5 Å². The first-order chi connectivity index (χ1) is 17.7. The number of nitrogens with zero attached hydrogens (tertiary/aromatic N) is 5. The summed E-state index contributed by atoms with van der Waals surface area (Å²) in [6.45, 7) is 7.87. The topological polar surface area (TPSA) is 116 Å². The van der Waals surface area contributed by atoms with Crippen molar-refractivity contribution in [1.29, 1.82) is 5.26 Å². The number of carbonyl (C=O) groups is 3. The maximum atomic E-state index is 13.6. The minimum Gasteiger partial charge on any atom is -0.378 e. The summed E-state index contributed by atoms with van der Waals surface area (Å²) < 4.78 is 6.20. The lowest BCUT2D eigenvalue weighted by Gasteiger charge is -2.28. The van der Waals surface area contributed by atoms with E-state index in [1.807, 2.05) is 26.8 Å². The first-order valence-corrected chi connectivity index (χ1v) is 13.1. The molecule has 0 spiro atoms. The molecular weight excluding hydrogens is 490 g/mol. The smallest absolute Gasteiger partial charge is 0.256 e. The van der Waals surface area contributed by atoms with Gasteiger partial charge in [0, 0.05) is 29.7 Å². The molecule has 0 aromatic carbocycles. The van der Waals surface area contributed by atoms with Gasteiger partial charge in [0.15, 0.2) is 0 Å². The van der Waals surface area contributed by atoms with Gasteiger partial charge in [0.1, 0.15) is 11.8 Å². The average molecular weight is 516 g/mol. The zero-order valence-corrected chi connectivity index (χ0v) is 21.6. The molecule has 0 N–H and O–H groups in total. The molecule has 0 radical (unpaired) electrons.